The standard InChI is InChI=1S/C23H32N2O2/c1-3-26-22-21(16-24-15-19-7-5-4-6-8-19)13-14-25-23(22)27-17-20-11-9-18(2)10-12-20/h4-12,21-25H,3,13-17H2,1-2H3. The Hall–Kier alpha value is -1.72. The lowest BCUT2D eigenvalue weighted by Gasteiger charge is -2.38. The molecular formula is C23H32N2O2. The van der Waals surface area contributed by atoms with Crippen molar-refractivity contribution >= 4 is 0 Å². The molecule has 4 nitrogen and oxygen atoms in total. The molecular weight excluding hydrogens is 336 g/mol. The van der Waals surface area contributed by atoms with Gasteiger partial charge in [0.25, 0.3) is 0 Å². The highest BCUT2D eigenvalue weighted by atomic mass is 16.5. The fourth-order valence-electron chi connectivity index (χ4n) is 3.59. The zero-order valence-electron chi connectivity index (χ0n) is 16.5. The van der Waals surface area contributed by atoms with Crippen LogP contribution in [0.25, 0.3) is 0 Å². The Labute approximate surface area is 163 Å². The highest BCUT2D eigenvalue weighted by molar-refractivity contribution is 5.20. The zero-order chi connectivity index (χ0) is 18.9. The van der Waals surface area contributed by atoms with E-state index in [0.29, 0.717) is 19.1 Å². The third-order valence-corrected chi connectivity index (χ3v) is 5.11. The average Bonchev–Trinajstić information content (AvgIpc) is 2.70. The van der Waals surface area contributed by atoms with E-state index in [4.69, 9.17) is 9.47 Å². The molecule has 0 saturated carbocycles. The Morgan fingerprint density at radius 3 is 2.52 bits per heavy atom. The summed E-state index contributed by atoms with van der Waals surface area (Å²) in [6, 6.07) is 19.0. The molecule has 2 N–H and O–H groups in total. The third kappa shape index (κ3) is 6.15. The topological polar surface area (TPSA) is 42.5 Å². The van der Waals surface area contributed by atoms with Crippen LogP contribution < -0.4 is 10.6 Å². The summed E-state index contributed by atoms with van der Waals surface area (Å²) in [6.07, 6.45) is 1.10. The maximum atomic E-state index is 6.21. The van der Waals surface area contributed by atoms with Crippen molar-refractivity contribution in [2.75, 3.05) is 19.7 Å². The molecule has 1 fully saturated rings. The van der Waals surface area contributed by atoms with Gasteiger partial charge in [0, 0.05) is 25.6 Å². The summed E-state index contributed by atoms with van der Waals surface area (Å²) in [7, 11) is 0. The van der Waals surface area contributed by atoms with Gasteiger partial charge in [0.1, 0.15) is 12.3 Å². The molecule has 0 bridgehead atoms. The van der Waals surface area contributed by atoms with Crippen LogP contribution >= 0.6 is 0 Å². The van der Waals surface area contributed by atoms with Crippen molar-refractivity contribution in [3.05, 3.63) is 71.3 Å². The summed E-state index contributed by atoms with van der Waals surface area (Å²) >= 11 is 0. The lowest BCUT2D eigenvalue weighted by Crippen LogP contribution is -2.54. The number of ether oxygens (including phenoxy) is 2. The fraction of sp³-hybridized carbons (Fsp3) is 0.478. The molecule has 0 amide bonds. The zero-order valence-corrected chi connectivity index (χ0v) is 16.5. The smallest absolute Gasteiger partial charge is 0.135 e. The Bertz CT molecular complexity index is 660. The van der Waals surface area contributed by atoms with Gasteiger partial charge in [0.15, 0.2) is 0 Å². The van der Waals surface area contributed by atoms with Gasteiger partial charge < -0.3 is 14.8 Å². The van der Waals surface area contributed by atoms with E-state index >= 15 is 0 Å². The van der Waals surface area contributed by atoms with Crippen molar-refractivity contribution < 1.29 is 9.47 Å². The second kappa shape index (κ2) is 10.6. The minimum absolute atomic E-state index is 0.0662. The monoisotopic (exact) mass is 368 g/mol. The minimum atomic E-state index is -0.0662. The van der Waals surface area contributed by atoms with Crippen molar-refractivity contribution in [3.63, 3.8) is 0 Å². The van der Waals surface area contributed by atoms with Gasteiger partial charge in [-0.25, -0.2) is 0 Å². The molecule has 4 heteroatoms. The van der Waals surface area contributed by atoms with E-state index in [2.05, 4.69) is 79.1 Å². The van der Waals surface area contributed by atoms with E-state index in [9.17, 15) is 0 Å². The fourth-order valence-corrected chi connectivity index (χ4v) is 3.59. The van der Waals surface area contributed by atoms with Crippen molar-refractivity contribution in [3.8, 4) is 0 Å². The summed E-state index contributed by atoms with van der Waals surface area (Å²) in [5.74, 6) is 0.443. The normalized spacial score (nSPS) is 22.7. The molecule has 1 saturated heterocycles. The molecule has 3 rings (SSSR count). The Balaban J connectivity index is 1.53. The van der Waals surface area contributed by atoms with Gasteiger partial charge in [-0.05, 0) is 37.9 Å². The van der Waals surface area contributed by atoms with Crippen LogP contribution in [0.1, 0.15) is 30.0 Å². The van der Waals surface area contributed by atoms with Crippen molar-refractivity contribution in [1.29, 1.82) is 0 Å². The maximum Gasteiger partial charge on any atom is 0.135 e. The Morgan fingerprint density at radius 1 is 1.00 bits per heavy atom. The first-order valence-corrected chi connectivity index (χ1v) is 10.0. The second-order valence-corrected chi connectivity index (χ2v) is 7.26. The molecule has 2 aromatic carbocycles. The van der Waals surface area contributed by atoms with Gasteiger partial charge in [0.05, 0.1) is 6.61 Å². The molecule has 27 heavy (non-hydrogen) atoms. The van der Waals surface area contributed by atoms with Crippen molar-refractivity contribution in [2.24, 2.45) is 5.92 Å². The molecule has 3 atom stereocenters. The maximum absolute atomic E-state index is 6.21. The van der Waals surface area contributed by atoms with E-state index in [0.717, 1.165) is 26.1 Å². The molecule has 146 valence electrons. The lowest BCUT2D eigenvalue weighted by molar-refractivity contribution is -0.129. The average molecular weight is 369 g/mol. The van der Waals surface area contributed by atoms with Crippen LogP contribution in [-0.4, -0.2) is 32.0 Å². The van der Waals surface area contributed by atoms with E-state index in [1.54, 1.807) is 0 Å². The molecule has 1 heterocycles. The van der Waals surface area contributed by atoms with Gasteiger partial charge in [-0.3, -0.25) is 5.32 Å². The summed E-state index contributed by atoms with van der Waals surface area (Å²) in [5, 5.41) is 7.10. The molecule has 0 aliphatic carbocycles. The van der Waals surface area contributed by atoms with Crippen molar-refractivity contribution in [1.82, 2.24) is 10.6 Å². The summed E-state index contributed by atoms with van der Waals surface area (Å²) in [6.45, 7) is 8.24. The predicted octanol–water partition coefficient (Wildman–Crippen LogP) is 3.64. The molecule has 2 aromatic rings. The number of piperidine rings is 1. The third-order valence-electron chi connectivity index (χ3n) is 5.11. The van der Waals surface area contributed by atoms with E-state index < -0.39 is 0 Å². The molecule has 0 aromatic heterocycles. The van der Waals surface area contributed by atoms with Crippen molar-refractivity contribution in [2.45, 2.75) is 45.8 Å². The molecule has 0 spiro atoms. The predicted molar refractivity (Wildman–Crippen MR) is 109 cm³/mol. The van der Waals surface area contributed by atoms with Crippen LogP contribution in [0.3, 0.4) is 0 Å². The Morgan fingerprint density at radius 2 is 1.78 bits per heavy atom. The van der Waals surface area contributed by atoms with Gasteiger partial charge in [-0.1, -0.05) is 60.2 Å². The largest absolute Gasteiger partial charge is 0.374 e. The van der Waals surface area contributed by atoms with Crippen LogP contribution in [0, 0.1) is 12.8 Å². The SMILES string of the molecule is CCOC1C(CNCc2ccccc2)CCNC1OCc1ccc(C)cc1. The van der Waals surface area contributed by atoms with Crippen LogP contribution in [0.4, 0.5) is 0 Å². The van der Waals surface area contributed by atoms with Gasteiger partial charge in [0.2, 0.25) is 0 Å². The van der Waals surface area contributed by atoms with Gasteiger partial charge in [-0.15, -0.1) is 0 Å². The summed E-state index contributed by atoms with van der Waals surface area (Å²) < 4.78 is 12.3. The minimum Gasteiger partial charge on any atom is -0.374 e. The van der Waals surface area contributed by atoms with E-state index in [1.807, 2.05) is 0 Å². The highest BCUT2D eigenvalue weighted by Crippen LogP contribution is 2.22. The number of aryl methyl sites for hydroxylation is 1. The Kier molecular flexibility index (Phi) is 7.84. The summed E-state index contributed by atoms with van der Waals surface area (Å²) in [5.41, 5.74) is 3.78. The number of hydrogen-bond donors (Lipinski definition) is 2. The van der Waals surface area contributed by atoms with E-state index in [1.165, 1.54) is 16.7 Å². The number of benzene rings is 2. The first kappa shape index (κ1) is 20.0. The number of hydrogen-bond acceptors (Lipinski definition) is 4. The molecule has 3 unspecified atom stereocenters. The van der Waals surface area contributed by atoms with Gasteiger partial charge in [-0.2, -0.15) is 0 Å². The number of nitrogens with one attached hydrogen (secondary N) is 2. The lowest BCUT2D eigenvalue weighted by atomic mass is 9.93. The van der Waals surface area contributed by atoms with Crippen LogP contribution in [0.5, 0.6) is 0 Å². The highest BCUT2D eigenvalue weighted by Gasteiger charge is 2.34. The van der Waals surface area contributed by atoms with Crippen LogP contribution in [-0.2, 0) is 22.6 Å². The molecule has 0 radical (unpaired) electrons. The van der Waals surface area contributed by atoms with Crippen LogP contribution in [0.2, 0.25) is 0 Å². The molecule has 1 aliphatic heterocycles. The quantitative estimate of drug-likeness (QED) is 0.709. The second-order valence-electron chi connectivity index (χ2n) is 7.26. The first-order valence-electron chi connectivity index (χ1n) is 10.0. The molecule has 1 aliphatic rings. The first-order chi connectivity index (χ1) is 13.3. The van der Waals surface area contributed by atoms with Gasteiger partial charge >= 0.3 is 0 Å². The summed E-state index contributed by atoms with van der Waals surface area (Å²) in [4.78, 5) is 0. The number of rotatable bonds is 9. The van der Waals surface area contributed by atoms with Crippen LogP contribution in [0.15, 0.2) is 54.6 Å². The van der Waals surface area contributed by atoms with E-state index in [-0.39, 0.29) is 12.3 Å².